The molecule has 0 bridgehead atoms. The van der Waals surface area contributed by atoms with Crippen LogP contribution in [0.3, 0.4) is 0 Å². The largest absolute Gasteiger partial charge is 0.376 e. The topological polar surface area (TPSA) is 42.3 Å². The van der Waals surface area contributed by atoms with Gasteiger partial charge in [-0.15, -0.1) is 0 Å². The lowest BCUT2D eigenvalue weighted by atomic mass is 9.96. The van der Waals surface area contributed by atoms with Crippen LogP contribution in [0.4, 0.5) is 0 Å². The van der Waals surface area contributed by atoms with E-state index < -0.39 is 0 Å². The van der Waals surface area contributed by atoms with E-state index in [0.29, 0.717) is 10.0 Å². The fraction of sp³-hybridized carbons (Fsp3) is 0.360. The number of ether oxygens (including phenoxy) is 1. The van der Waals surface area contributed by atoms with Crippen LogP contribution in [0.1, 0.15) is 47.6 Å². The molecule has 1 aromatic carbocycles. The van der Waals surface area contributed by atoms with Crippen molar-refractivity contribution in [3.8, 4) is 5.69 Å². The van der Waals surface area contributed by atoms with Gasteiger partial charge in [0.25, 0.3) is 0 Å². The number of thiocarbonyl (C=S) groups is 1. The first-order valence-electron chi connectivity index (χ1n) is 11.2. The molecule has 33 heavy (non-hydrogen) atoms. The van der Waals surface area contributed by atoms with Crippen molar-refractivity contribution in [3.05, 3.63) is 81.4 Å². The van der Waals surface area contributed by atoms with Gasteiger partial charge in [0.05, 0.1) is 39.6 Å². The molecule has 2 aliphatic heterocycles. The van der Waals surface area contributed by atoms with Crippen LogP contribution in [0.15, 0.2) is 48.7 Å². The van der Waals surface area contributed by atoms with Gasteiger partial charge in [-0.25, -0.2) is 0 Å². The maximum Gasteiger partial charge on any atom is 0.170 e. The molecule has 0 spiro atoms. The predicted molar refractivity (Wildman–Crippen MR) is 136 cm³/mol. The lowest BCUT2D eigenvalue weighted by Crippen LogP contribution is -2.36. The number of nitrogens with zero attached hydrogens (tertiary/aromatic N) is 3. The molecule has 3 atom stereocenters. The summed E-state index contributed by atoms with van der Waals surface area (Å²) in [4.78, 5) is 6.93. The van der Waals surface area contributed by atoms with E-state index in [9.17, 15) is 0 Å². The summed E-state index contributed by atoms with van der Waals surface area (Å²) >= 11 is 18.8. The monoisotopic (exact) mass is 500 g/mol. The summed E-state index contributed by atoms with van der Waals surface area (Å²) in [7, 11) is 0. The molecule has 172 valence electrons. The Bertz CT molecular complexity index is 1180. The molecule has 2 fully saturated rings. The van der Waals surface area contributed by atoms with E-state index in [0.717, 1.165) is 53.9 Å². The van der Waals surface area contributed by atoms with Crippen LogP contribution >= 0.6 is 35.4 Å². The van der Waals surface area contributed by atoms with Crippen LogP contribution in [-0.2, 0) is 4.74 Å². The Morgan fingerprint density at radius 3 is 2.76 bits per heavy atom. The Labute approximate surface area is 209 Å². The first kappa shape index (κ1) is 22.7. The summed E-state index contributed by atoms with van der Waals surface area (Å²) < 4.78 is 8.14. The van der Waals surface area contributed by atoms with Crippen LogP contribution in [0.2, 0.25) is 10.0 Å². The highest BCUT2D eigenvalue weighted by atomic mass is 35.5. The number of hydrogen-bond acceptors (Lipinski definition) is 3. The minimum absolute atomic E-state index is 0.0190. The number of nitrogens with one attached hydrogen (secondary N) is 1. The number of halogens is 2. The van der Waals surface area contributed by atoms with Crippen LogP contribution in [0.5, 0.6) is 0 Å². The van der Waals surface area contributed by atoms with Crippen molar-refractivity contribution in [1.29, 1.82) is 0 Å². The summed E-state index contributed by atoms with van der Waals surface area (Å²) in [6.07, 6.45) is 4.15. The molecule has 4 heterocycles. The van der Waals surface area contributed by atoms with Crippen LogP contribution in [0.25, 0.3) is 5.69 Å². The third-order valence-corrected chi connectivity index (χ3v) is 7.74. The molecule has 8 heteroatoms. The van der Waals surface area contributed by atoms with Crippen LogP contribution in [0, 0.1) is 13.8 Å². The zero-order valence-electron chi connectivity index (χ0n) is 18.6. The number of hydrogen-bond donors (Lipinski definition) is 1. The highest BCUT2D eigenvalue weighted by Crippen LogP contribution is 2.42. The minimum atomic E-state index is -0.0658. The second kappa shape index (κ2) is 9.26. The number of aromatic nitrogens is 2. The minimum Gasteiger partial charge on any atom is -0.376 e. The summed E-state index contributed by atoms with van der Waals surface area (Å²) in [6.45, 7) is 5.78. The molecule has 3 aromatic rings. The zero-order valence-corrected chi connectivity index (χ0v) is 20.9. The number of pyridine rings is 1. The second-order valence-electron chi connectivity index (χ2n) is 8.65. The summed E-state index contributed by atoms with van der Waals surface area (Å²) in [5.41, 5.74) is 5.21. The van der Waals surface area contributed by atoms with Crippen molar-refractivity contribution in [1.82, 2.24) is 19.8 Å². The fourth-order valence-electron chi connectivity index (χ4n) is 5.07. The van der Waals surface area contributed by atoms with Gasteiger partial charge in [0.15, 0.2) is 5.11 Å². The Morgan fingerprint density at radius 1 is 1.18 bits per heavy atom. The standard InChI is InChI=1S/C25H26Cl2N4OS/c1-15-13-18(16(2)31(15)21-10-5-8-19(26)22(21)27)24-23(20-9-3-4-11-28-20)29-25(33)30(24)14-17-7-6-12-32-17/h3-5,8-11,13,17,23-24H,6-7,12,14H2,1-2H3,(H,29,33)/t17-,23+,24-/m1/s1. The first-order chi connectivity index (χ1) is 16.0. The number of benzene rings is 1. The van der Waals surface area contributed by atoms with Crippen molar-refractivity contribution >= 4 is 40.5 Å². The molecule has 5 nitrogen and oxygen atoms in total. The van der Waals surface area contributed by atoms with Gasteiger partial charge in [-0.1, -0.05) is 35.3 Å². The SMILES string of the molecule is Cc1cc([C@@H]2[C@H](c3ccccn3)NC(=S)N2C[C@H]2CCCO2)c(C)n1-c1cccc(Cl)c1Cl. The Kier molecular flexibility index (Phi) is 6.36. The first-order valence-corrected chi connectivity index (χ1v) is 12.3. The Morgan fingerprint density at radius 2 is 2.03 bits per heavy atom. The normalized spacial score (nSPS) is 22.7. The molecule has 0 aliphatic carbocycles. The molecular formula is C25H26Cl2N4OS. The van der Waals surface area contributed by atoms with Gasteiger partial charge in [0.1, 0.15) is 0 Å². The Hall–Kier alpha value is -2.12. The molecule has 0 amide bonds. The predicted octanol–water partition coefficient (Wildman–Crippen LogP) is 5.95. The van der Waals surface area contributed by atoms with Gasteiger partial charge in [-0.3, -0.25) is 4.98 Å². The molecule has 1 N–H and O–H groups in total. The van der Waals surface area contributed by atoms with E-state index >= 15 is 0 Å². The van der Waals surface area contributed by atoms with Gasteiger partial charge in [-0.2, -0.15) is 0 Å². The van der Waals surface area contributed by atoms with Gasteiger partial charge >= 0.3 is 0 Å². The molecule has 5 rings (SSSR count). The summed E-state index contributed by atoms with van der Waals surface area (Å²) in [5.74, 6) is 0. The van der Waals surface area contributed by atoms with Crippen molar-refractivity contribution in [2.24, 2.45) is 0 Å². The molecule has 0 unspecified atom stereocenters. The van der Waals surface area contributed by atoms with E-state index in [1.165, 1.54) is 5.56 Å². The van der Waals surface area contributed by atoms with Crippen molar-refractivity contribution in [2.45, 2.75) is 44.9 Å². The van der Waals surface area contributed by atoms with Crippen LogP contribution in [-0.4, -0.2) is 38.8 Å². The number of aryl methyl sites for hydroxylation is 1. The highest BCUT2D eigenvalue weighted by molar-refractivity contribution is 7.80. The molecular weight excluding hydrogens is 475 g/mol. The maximum atomic E-state index is 6.61. The summed E-state index contributed by atoms with van der Waals surface area (Å²) in [6, 6.07) is 13.9. The lowest BCUT2D eigenvalue weighted by molar-refractivity contribution is 0.0842. The third-order valence-electron chi connectivity index (χ3n) is 6.58. The molecule has 0 radical (unpaired) electrons. The molecule has 0 saturated carbocycles. The van der Waals surface area contributed by atoms with Gasteiger partial charge in [0, 0.05) is 30.7 Å². The van der Waals surface area contributed by atoms with Crippen molar-refractivity contribution in [3.63, 3.8) is 0 Å². The third kappa shape index (κ3) is 4.14. The van der Waals surface area contributed by atoms with Crippen LogP contribution < -0.4 is 5.32 Å². The molecule has 2 saturated heterocycles. The average molecular weight is 501 g/mol. The van der Waals surface area contributed by atoms with Gasteiger partial charge in [-0.05, 0) is 74.8 Å². The van der Waals surface area contributed by atoms with E-state index in [4.69, 9.17) is 40.2 Å². The highest BCUT2D eigenvalue weighted by Gasteiger charge is 2.42. The lowest BCUT2D eigenvalue weighted by Gasteiger charge is -2.30. The van der Waals surface area contributed by atoms with Gasteiger partial charge in [0.2, 0.25) is 0 Å². The second-order valence-corrected chi connectivity index (χ2v) is 9.82. The Balaban J connectivity index is 1.61. The smallest absolute Gasteiger partial charge is 0.170 e. The quantitative estimate of drug-likeness (QED) is 0.438. The average Bonchev–Trinajstić information content (AvgIpc) is 3.51. The fourth-order valence-corrected chi connectivity index (χ4v) is 5.77. The molecule has 2 aromatic heterocycles. The zero-order chi connectivity index (χ0) is 23.1. The van der Waals surface area contributed by atoms with Crippen molar-refractivity contribution in [2.75, 3.05) is 13.2 Å². The van der Waals surface area contributed by atoms with E-state index in [1.807, 2.05) is 36.5 Å². The molecule has 2 aliphatic rings. The number of rotatable bonds is 5. The van der Waals surface area contributed by atoms with Gasteiger partial charge < -0.3 is 19.5 Å². The maximum absolute atomic E-state index is 6.61. The summed E-state index contributed by atoms with van der Waals surface area (Å²) in [5, 5.41) is 5.36. The van der Waals surface area contributed by atoms with E-state index in [-0.39, 0.29) is 18.2 Å². The van der Waals surface area contributed by atoms with E-state index in [2.05, 4.69) is 45.7 Å². The van der Waals surface area contributed by atoms with E-state index in [1.54, 1.807) is 0 Å². The van der Waals surface area contributed by atoms with Crippen molar-refractivity contribution < 1.29 is 4.74 Å².